The fourth-order valence-electron chi connectivity index (χ4n) is 5.39. The van der Waals surface area contributed by atoms with Crippen LogP contribution in [-0.2, 0) is 29.2 Å². The summed E-state index contributed by atoms with van der Waals surface area (Å²) in [6.45, 7) is 5.62. The lowest BCUT2D eigenvalue weighted by Crippen LogP contribution is -2.35. The van der Waals surface area contributed by atoms with E-state index in [1.54, 1.807) is 24.4 Å². The molecule has 1 amide bonds. The number of hydrogen-bond acceptors (Lipinski definition) is 7. The van der Waals surface area contributed by atoms with Crippen LogP contribution in [0.25, 0.3) is 11.0 Å². The van der Waals surface area contributed by atoms with Gasteiger partial charge in [0.25, 0.3) is 0 Å². The zero-order valence-electron chi connectivity index (χ0n) is 22.9. The van der Waals surface area contributed by atoms with Gasteiger partial charge >= 0.3 is 0 Å². The number of fused-ring (bicyclic) bond motifs is 1. The van der Waals surface area contributed by atoms with Crippen molar-refractivity contribution in [1.29, 1.82) is 0 Å². The van der Waals surface area contributed by atoms with Gasteiger partial charge in [0.2, 0.25) is 11.8 Å². The van der Waals surface area contributed by atoms with Crippen molar-refractivity contribution in [1.82, 2.24) is 24.4 Å². The van der Waals surface area contributed by atoms with Gasteiger partial charge in [0.05, 0.1) is 36.4 Å². The third-order valence-electron chi connectivity index (χ3n) is 7.70. The van der Waals surface area contributed by atoms with E-state index in [1.807, 2.05) is 18.2 Å². The van der Waals surface area contributed by atoms with Gasteiger partial charge in [0, 0.05) is 47.9 Å². The van der Waals surface area contributed by atoms with Crippen LogP contribution in [0.4, 0.5) is 10.2 Å². The van der Waals surface area contributed by atoms with Crippen molar-refractivity contribution in [2.24, 2.45) is 0 Å². The van der Waals surface area contributed by atoms with E-state index in [1.165, 1.54) is 13.0 Å². The van der Waals surface area contributed by atoms with Crippen LogP contribution in [0, 0.1) is 5.82 Å². The van der Waals surface area contributed by atoms with Gasteiger partial charge in [0.15, 0.2) is 0 Å². The molecule has 0 bridgehead atoms. The third kappa shape index (κ3) is 6.50. The Morgan fingerprint density at radius 1 is 1.17 bits per heavy atom. The molecule has 6 rings (SSSR count). The number of piperidine rings is 1. The Bertz CT molecular complexity index is 1550. The lowest BCUT2D eigenvalue weighted by Gasteiger charge is -2.32. The first-order chi connectivity index (χ1) is 19.9. The van der Waals surface area contributed by atoms with E-state index in [2.05, 4.69) is 19.8 Å². The summed E-state index contributed by atoms with van der Waals surface area (Å²) >= 11 is 5.85. The van der Waals surface area contributed by atoms with Gasteiger partial charge < -0.3 is 19.4 Å². The summed E-state index contributed by atoms with van der Waals surface area (Å²) in [7, 11) is 0. The second kappa shape index (κ2) is 12.1. The molecule has 41 heavy (non-hydrogen) atoms. The normalized spacial score (nSPS) is 17.9. The number of aromatic nitrogens is 4. The SMILES string of the molecule is CC(=O)Nc1cc2nc(CN3CCC(c4cccc(OCc5ccc(Cl)cc5F)n4)CC3)n(CC3CCO3)c2cn1. The Hall–Kier alpha value is -3.60. The monoisotopic (exact) mass is 578 g/mol. The quantitative estimate of drug-likeness (QED) is 0.287. The first-order valence-electron chi connectivity index (χ1n) is 13.9. The maximum Gasteiger partial charge on any atom is 0.222 e. The van der Waals surface area contributed by atoms with Crippen molar-refractivity contribution in [2.75, 3.05) is 25.0 Å². The number of benzene rings is 1. The lowest BCUT2D eigenvalue weighted by atomic mass is 9.93. The predicted molar refractivity (Wildman–Crippen MR) is 153 cm³/mol. The number of halogens is 2. The first kappa shape index (κ1) is 27.6. The van der Waals surface area contributed by atoms with Crippen LogP contribution in [0.5, 0.6) is 5.88 Å². The highest BCUT2D eigenvalue weighted by atomic mass is 35.5. The number of nitrogens with one attached hydrogen (secondary N) is 1. The molecule has 2 fully saturated rings. The minimum atomic E-state index is -0.390. The topological polar surface area (TPSA) is 94.4 Å². The van der Waals surface area contributed by atoms with Crippen molar-refractivity contribution in [2.45, 2.75) is 57.9 Å². The van der Waals surface area contributed by atoms with Gasteiger partial charge in [-0.15, -0.1) is 0 Å². The first-order valence-corrected chi connectivity index (χ1v) is 14.3. The number of rotatable bonds is 9. The van der Waals surface area contributed by atoms with E-state index >= 15 is 0 Å². The highest BCUT2D eigenvalue weighted by Crippen LogP contribution is 2.30. The van der Waals surface area contributed by atoms with Crippen molar-refractivity contribution in [3.05, 3.63) is 76.6 Å². The highest BCUT2D eigenvalue weighted by molar-refractivity contribution is 6.30. The number of amides is 1. The fraction of sp³-hybridized carbons (Fsp3) is 0.400. The van der Waals surface area contributed by atoms with Gasteiger partial charge in [-0.25, -0.2) is 19.3 Å². The number of imidazole rings is 1. The van der Waals surface area contributed by atoms with E-state index in [-0.39, 0.29) is 24.4 Å². The largest absolute Gasteiger partial charge is 0.473 e. The molecule has 0 spiro atoms. The van der Waals surface area contributed by atoms with Crippen LogP contribution in [0.15, 0.2) is 48.7 Å². The average molecular weight is 579 g/mol. The summed E-state index contributed by atoms with van der Waals surface area (Å²) in [5.74, 6) is 1.72. The summed E-state index contributed by atoms with van der Waals surface area (Å²) < 4.78 is 27.9. The fourth-order valence-corrected chi connectivity index (χ4v) is 5.55. The standard InChI is InChI=1S/C30H32ClFN6O3/c1-19(39)34-28-14-26-27(15-33-28)38(16-23-9-12-40-23)29(35-26)17-37-10-7-20(8-11-37)25-3-2-4-30(36-25)41-18-21-5-6-22(31)13-24(21)32/h2-6,13-15,20,23H,7-12,16-18H2,1H3,(H,33,34,39). The molecule has 0 saturated carbocycles. The molecule has 1 N–H and O–H groups in total. The van der Waals surface area contributed by atoms with E-state index in [0.29, 0.717) is 34.7 Å². The Morgan fingerprint density at radius 2 is 2.00 bits per heavy atom. The molecule has 2 aliphatic rings. The molecule has 1 aromatic carbocycles. The molecule has 9 nitrogen and oxygen atoms in total. The highest BCUT2D eigenvalue weighted by Gasteiger charge is 2.26. The molecule has 1 unspecified atom stereocenters. The van der Waals surface area contributed by atoms with Crippen LogP contribution in [0.2, 0.25) is 5.02 Å². The Balaban J connectivity index is 1.10. The number of carbonyl (C=O) groups excluding carboxylic acids is 1. The molecule has 1 atom stereocenters. The number of likely N-dealkylation sites (tertiary alicyclic amines) is 1. The summed E-state index contributed by atoms with van der Waals surface area (Å²) in [5.41, 5.74) is 3.18. The Labute approximate surface area is 242 Å². The number of nitrogens with zero attached hydrogens (tertiary/aromatic N) is 5. The summed E-state index contributed by atoms with van der Waals surface area (Å²) in [4.78, 5) is 28.0. The number of ether oxygens (including phenoxy) is 2. The van der Waals surface area contributed by atoms with E-state index in [0.717, 1.165) is 68.1 Å². The molecule has 4 aromatic rings. The number of carbonyl (C=O) groups is 1. The van der Waals surface area contributed by atoms with Crippen molar-refractivity contribution >= 4 is 34.4 Å². The number of anilines is 1. The van der Waals surface area contributed by atoms with Crippen LogP contribution in [-0.4, -0.2) is 56.1 Å². The third-order valence-corrected chi connectivity index (χ3v) is 7.94. The minimum Gasteiger partial charge on any atom is -0.473 e. The molecular formula is C30H32ClFN6O3. The van der Waals surface area contributed by atoms with Crippen LogP contribution >= 0.6 is 11.6 Å². The molecule has 11 heteroatoms. The molecule has 214 valence electrons. The molecule has 2 aliphatic heterocycles. The van der Waals surface area contributed by atoms with Crippen molar-refractivity contribution < 1.29 is 18.7 Å². The van der Waals surface area contributed by atoms with E-state index < -0.39 is 0 Å². The van der Waals surface area contributed by atoms with Crippen molar-refractivity contribution in [3.63, 3.8) is 0 Å². The van der Waals surface area contributed by atoms with Gasteiger partial charge in [-0.1, -0.05) is 23.7 Å². The van der Waals surface area contributed by atoms with E-state index in [4.69, 9.17) is 31.0 Å². The van der Waals surface area contributed by atoms with Gasteiger partial charge in [-0.3, -0.25) is 9.69 Å². The van der Waals surface area contributed by atoms with Crippen LogP contribution in [0.3, 0.4) is 0 Å². The second-order valence-corrected chi connectivity index (χ2v) is 11.1. The summed E-state index contributed by atoms with van der Waals surface area (Å²) in [6, 6.07) is 12.2. The Kier molecular flexibility index (Phi) is 8.13. The zero-order chi connectivity index (χ0) is 28.3. The molecular weight excluding hydrogens is 547 g/mol. The summed E-state index contributed by atoms with van der Waals surface area (Å²) in [5, 5.41) is 3.10. The number of hydrogen-bond donors (Lipinski definition) is 1. The summed E-state index contributed by atoms with van der Waals surface area (Å²) in [6.07, 6.45) is 4.92. The predicted octanol–water partition coefficient (Wildman–Crippen LogP) is 5.32. The van der Waals surface area contributed by atoms with Crippen LogP contribution in [0.1, 0.15) is 49.2 Å². The smallest absolute Gasteiger partial charge is 0.222 e. The minimum absolute atomic E-state index is 0.0899. The lowest BCUT2D eigenvalue weighted by molar-refractivity contribution is -0.114. The maximum absolute atomic E-state index is 14.1. The van der Waals surface area contributed by atoms with Crippen molar-refractivity contribution in [3.8, 4) is 5.88 Å². The van der Waals surface area contributed by atoms with Crippen LogP contribution < -0.4 is 10.1 Å². The average Bonchev–Trinajstić information content (AvgIpc) is 3.26. The molecule has 0 radical (unpaired) electrons. The van der Waals surface area contributed by atoms with Gasteiger partial charge in [0.1, 0.15) is 24.1 Å². The molecule has 3 aromatic heterocycles. The molecule has 2 saturated heterocycles. The van der Waals surface area contributed by atoms with E-state index in [9.17, 15) is 9.18 Å². The zero-order valence-corrected chi connectivity index (χ0v) is 23.6. The number of pyridine rings is 2. The Morgan fingerprint density at radius 3 is 2.73 bits per heavy atom. The molecule has 0 aliphatic carbocycles. The van der Waals surface area contributed by atoms with Gasteiger partial charge in [-0.2, -0.15) is 0 Å². The molecule has 5 heterocycles. The second-order valence-electron chi connectivity index (χ2n) is 10.6. The maximum atomic E-state index is 14.1. The van der Waals surface area contributed by atoms with Gasteiger partial charge in [-0.05, 0) is 50.6 Å².